The Bertz CT molecular complexity index is 611. The normalized spacial score (nSPS) is 9.61. The third-order valence-electron chi connectivity index (χ3n) is 2.02. The lowest BCUT2D eigenvalue weighted by atomic mass is 10.2. The molecule has 1 heterocycles. The van der Waals surface area contributed by atoms with E-state index in [-0.39, 0.29) is 11.8 Å². The topological polar surface area (TPSA) is 96.8 Å². The lowest BCUT2D eigenvalue weighted by Gasteiger charge is -2.06. The quantitative estimate of drug-likeness (QED) is 0.629. The summed E-state index contributed by atoms with van der Waals surface area (Å²) >= 11 is 0. The summed E-state index contributed by atoms with van der Waals surface area (Å²) in [5.41, 5.74) is 2.58. The van der Waals surface area contributed by atoms with Crippen molar-refractivity contribution in [3.63, 3.8) is 0 Å². The van der Waals surface area contributed by atoms with Gasteiger partial charge in [-0.25, -0.2) is 10.8 Å². The zero-order chi connectivity index (χ0) is 13.0. The summed E-state index contributed by atoms with van der Waals surface area (Å²) in [5.74, 6) is 4.45. The van der Waals surface area contributed by atoms with E-state index >= 15 is 0 Å². The fourth-order valence-corrected chi connectivity index (χ4v) is 1.23. The second-order valence-electron chi connectivity index (χ2n) is 3.23. The largest absolute Gasteiger partial charge is 0.436 e. The second-order valence-corrected chi connectivity index (χ2v) is 3.23. The third kappa shape index (κ3) is 2.50. The Morgan fingerprint density at radius 3 is 3.00 bits per heavy atom. The molecule has 0 fully saturated rings. The van der Waals surface area contributed by atoms with Crippen LogP contribution in [0, 0.1) is 17.1 Å². The summed E-state index contributed by atoms with van der Waals surface area (Å²) in [6.45, 7) is 0. The number of hydrogen-bond acceptors (Lipinski definition) is 6. The molecule has 1 aromatic heterocycles. The molecule has 0 aliphatic heterocycles. The van der Waals surface area contributed by atoms with Gasteiger partial charge in [0, 0.05) is 0 Å². The van der Waals surface area contributed by atoms with Gasteiger partial charge in [0.05, 0.1) is 17.8 Å². The maximum absolute atomic E-state index is 13.4. The van der Waals surface area contributed by atoms with Gasteiger partial charge in [-0.1, -0.05) is 6.07 Å². The van der Waals surface area contributed by atoms with Crippen molar-refractivity contribution >= 4 is 5.95 Å². The molecule has 2 aromatic rings. The molecule has 7 heteroatoms. The molecule has 0 atom stereocenters. The van der Waals surface area contributed by atoms with Gasteiger partial charge in [-0.15, -0.1) is 0 Å². The van der Waals surface area contributed by atoms with Crippen LogP contribution < -0.4 is 16.0 Å². The Hall–Kier alpha value is -2.72. The zero-order valence-electron chi connectivity index (χ0n) is 9.09. The van der Waals surface area contributed by atoms with Crippen molar-refractivity contribution in [1.29, 1.82) is 5.26 Å². The van der Waals surface area contributed by atoms with Gasteiger partial charge in [0.15, 0.2) is 0 Å². The molecule has 1 aromatic carbocycles. The maximum atomic E-state index is 13.4. The number of hydrazine groups is 1. The summed E-state index contributed by atoms with van der Waals surface area (Å²) in [7, 11) is 0. The number of halogens is 1. The van der Waals surface area contributed by atoms with Crippen LogP contribution in [0.5, 0.6) is 11.6 Å². The van der Waals surface area contributed by atoms with Crippen molar-refractivity contribution in [2.45, 2.75) is 0 Å². The molecule has 18 heavy (non-hydrogen) atoms. The molecule has 0 unspecified atom stereocenters. The van der Waals surface area contributed by atoms with Crippen LogP contribution in [0.15, 0.2) is 30.5 Å². The van der Waals surface area contributed by atoms with Crippen LogP contribution in [-0.4, -0.2) is 9.97 Å². The first-order chi connectivity index (χ1) is 8.72. The van der Waals surface area contributed by atoms with Gasteiger partial charge >= 0.3 is 0 Å². The number of nitrogens with zero attached hydrogens (tertiary/aromatic N) is 3. The van der Waals surface area contributed by atoms with Crippen molar-refractivity contribution in [2.75, 3.05) is 5.43 Å². The van der Waals surface area contributed by atoms with Crippen molar-refractivity contribution in [3.8, 4) is 17.7 Å². The number of benzene rings is 1. The molecule has 0 amide bonds. The van der Waals surface area contributed by atoms with E-state index in [0.717, 1.165) is 6.20 Å². The average Bonchev–Trinajstić information content (AvgIpc) is 2.41. The fraction of sp³-hybridized carbons (Fsp3) is 0. The monoisotopic (exact) mass is 245 g/mol. The van der Waals surface area contributed by atoms with Gasteiger partial charge in [0.1, 0.15) is 5.75 Å². The highest BCUT2D eigenvalue weighted by Crippen LogP contribution is 2.23. The predicted octanol–water partition coefficient (Wildman–Crippen LogP) is 1.57. The number of hydrogen-bond donors (Lipinski definition) is 2. The smallest absolute Gasteiger partial charge is 0.260 e. The molecule has 0 aliphatic rings. The molecular formula is C11H8FN5O. The third-order valence-corrected chi connectivity index (χ3v) is 2.02. The first kappa shape index (κ1) is 11.8. The number of aromatic nitrogens is 2. The minimum absolute atomic E-state index is 0.0304. The Kier molecular flexibility index (Phi) is 3.31. The van der Waals surface area contributed by atoms with Gasteiger partial charge in [-0.05, 0) is 18.2 Å². The lowest BCUT2D eigenvalue weighted by Crippen LogP contribution is -2.11. The van der Waals surface area contributed by atoms with Gasteiger partial charge in [-0.3, -0.25) is 5.43 Å². The molecular weight excluding hydrogens is 237 g/mol. The van der Waals surface area contributed by atoms with Gasteiger partial charge in [-0.2, -0.15) is 14.6 Å². The van der Waals surface area contributed by atoms with Gasteiger partial charge in [0.2, 0.25) is 11.8 Å². The number of rotatable bonds is 3. The molecule has 0 saturated heterocycles. The summed E-state index contributed by atoms with van der Waals surface area (Å²) in [4.78, 5) is 7.29. The maximum Gasteiger partial charge on any atom is 0.260 e. The van der Waals surface area contributed by atoms with E-state index in [1.54, 1.807) is 18.2 Å². The van der Waals surface area contributed by atoms with Crippen LogP contribution in [0.2, 0.25) is 0 Å². The van der Waals surface area contributed by atoms with E-state index in [0.29, 0.717) is 11.3 Å². The van der Waals surface area contributed by atoms with E-state index in [9.17, 15) is 4.39 Å². The van der Waals surface area contributed by atoms with Crippen molar-refractivity contribution in [2.24, 2.45) is 5.84 Å². The SMILES string of the molecule is N#Cc1cccc(Oc2nc(NN)ncc2F)c1. The minimum atomic E-state index is -0.726. The summed E-state index contributed by atoms with van der Waals surface area (Å²) in [6.07, 6.45) is 0.936. The van der Waals surface area contributed by atoms with Crippen molar-refractivity contribution < 1.29 is 9.13 Å². The Balaban J connectivity index is 2.30. The van der Waals surface area contributed by atoms with E-state index in [4.69, 9.17) is 15.8 Å². The average molecular weight is 245 g/mol. The zero-order valence-corrected chi connectivity index (χ0v) is 9.09. The van der Waals surface area contributed by atoms with Crippen LogP contribution in [0.3, 0.4) is 0 Å². The molecule has 3 N–H and O–H groups in total. The van der Waals surface area contributed by atoms with E-state index < -0.39 is 5.82 Å². The van der Waals surface area contributed by atoms with E-state index in [1.807, 2.05) is 6.07 Å². The molecule has 6 nitrogen and oxygen atoms in total. The Morgan fingerprint density at radius 2 is 2.28 bits per heavy atom. The first-order valence-electron chi connectivity index (χ1n) is 4.90. The van der Waals surface area contributed by atoms with Crippen LogP contribution in [0.1, 0.15) is 5.56 Å². The number of nitrogen functional groups attached to an aromatic ring is 1. The highest BCUT2D eigenvalue weighted by Gasteiger charge is 2.09. The molecule has 0 spiro atoms. The summed E-state index contributed by atoms with van der Waals surface area (Å²) < 4.78 is 18.6. The molecule has 0 saturated carbocycles. The molecule has 0 radical (unpaired) electrons. The number of anilines is 1. The van der Waals surface area contributed by atoms with E-state index in [2.05, 4.69) is 15.4 Å². The van der Waals surface area contributed by atoms with E-state index in [1.165, 1.54) is 6.07 Å². The lowest BCUT2D eigenvalue weighted by molar-refractivity contribution is 0.420. The molecule has 0 aliphatic carbocycles. The molecule has 0 bridgehead atoms. The highest BCUT2D eigenvalue weighted by molar-refractivity contribution is 5.38. The first-order valence-corrected chi connectivity index (χ1v) is 4.90. The van der Waals surface area contributed by atoms with Gasteiger partial charge < -0.3 is 4.74 Å². The predicted molar refractivity (Wildman–Crippen MR) is 61.0 cm³/mol. The van der Waals surface area contributed by atoms with Crippen molar-refractivity contribution in [1.82, 2.24) is 9.97 Å². The Labute approximate surface area is 102 Å². The van der Waals surface area contributed by atoms with Crippen LogP contribution in [-0.2, 0) is 0 Å². The molecule has 90 valence electrons. The number of nitrogens with one attached hydrogen (secondary N) is 1. The molecule has 2 rings (SSSR count). The Morgan fingerprint density at radius 1 is 1.44 bits per heavy atom. The minimum Gasteiger partial charge on any atom is -0.436 e. The highest BCUT2D eigenvalue weighted by atomic mass is 19.1. The standard InChI is InChI=1S/C11H8FN5O/c12-9-6-15-11(17-14)16-10(9)18-8-3-1-2-7(4-8)5-13/h1-4,6H,14H2,(H,15,16,17). The summed E-state index contributed by atoms with van der Waals surface area (Å²) in [6, 6.07) is 8.23. The van der Waals surface area contributed by atoms with Crippen LogP contribution >= 0.6 is 0 Å². The summed E-state index contributed by atoms with van der Waals surface area (Å²) in [5, 5.41) is 8.73. The fourth-order valence-electron chi connectivity index (χ4n) is 1.23. The van der Waals surface area contributed by atoms with Crippen LogP contribution in [0.4, 0.5) is 10.3 Å². The second kappa shape index (κ2) is 5.07. The number of nitriles is 1. The van der Waals surface area contributed by atoms with Crippen LogP contribution in [0.25, 0.3) is 0 Å². The number of ether oxygens (including phenoxy) is 1. The van der Waals surface area contributed by atoms with Crippen molar-refractivity contribution in [3.05, 3.63) is 41.8 Å². The number of nitrogens with two attached hydrogens (primary N) is 1. The van der Waals surface area contributed by atoms with Gasteiger partial charge in [0.25, 0.3) is 5.88 Å².